The van der Waals surface area contributed by atoms with Crippen molar-refractivity contribution in [3.05, 3.63) is 29.3 Å². The summed E-state index contributed by atoms with van der Waals surface area (Å²) in [7, 11) is 0. The van der Waals surface area contributed by atoms with Gasteiger partial charge in [-0.1, -0.05) is 32.9 Å². The van der Waals surface area contributed by atoms with Gasteiger partial charge in [0, 0.05) is 25.0 Å². The average molecular weight is 332 g/mol. The van der Waals surface area contributed by atoms with Crippen LogP contribution in [0.3, 0.4) is 0 Å². The third kappa shape index (κ3) is 4.49. The molecule has 1 aliphatic heterocycles. The lowest BCUT2D eigenvalue weighted by molar-refractivity contribution is -0.312. The molecule has 0 unspecified atom stereocenters. The van der Waals surface area contributed by atoms with Gasteiger partial charge in [-0.15, -0.1) is 0 Å². The first-order valence-corrected chi connectivity index (χ1v) is 8.41. The minimum atomic E-state index is -1.02. The number of carboxylic acid groups (broad SMARTS) is 1. The van der Waals surface area contributed by atoms with E-state index in [2.05, 4.69) is 20.8 Å². The van der Waals surface area contributed by atoms with E-state index >= 15 is 0 Å². The Labute approximate surface area is 143 Å². The highest BCUT2D eigenvalue weighted by Gasteiger charge is 2.24. The predicted octanol–water partition coefficient (Wildman–Crippen LogP) is 1.66. The zero-order valence-corrected chi connectivity index (χ0v) is 14.9. The maximum absolute atomic E-state index is 12.3. The summed E-state index contributed by atoms with van der Waals surface area (Å²) in [4.78, 5) is 24.9. The SMILES string of the molecule is Cc1ccc(C(C)(C)C)c(OCC(=O)N2CCC(C(=O)[O-])CC2)c1. The molecule has 2 rings (SSSR count). The van der Waals surface area contributed by atoms with Crippen LogP contribution in [-0.4, -0.2) is 36.5 Å². The summed E-state index contributed by atoms with van der Waals surface area (Å²) in [5.74, 6) is -0.833. The van der Waals surface area contributed by atoms with E-state index in [1.165, 1.54) is 0 Å². The number of benzene rings is 1. The summed E-state index contributed by atoms with van der Waals surface area (Å²) in [5, 5.41) is 10.9. The van der Waals surface area contributed by atoms with Crippen LogP contribution < -0.4 is 9.84 Å². The number of rotatable bonds is 4. The Morgan fingerprint density at radius 3 is 2.42 bits per heavy atom. The van der Waals surface area contributed by atoms with Gasteiger partial charge in [0.25, 0.3) is 5.91 Å². The van der Waals surface area contributed by atoms with Crippen molar-refractivity contribution in [1.29, 1.82) is 0 Å². The lowest BCUT2D eigenvalue weighted by atomic mass is 9.86. The second-order valence-electron chi connectivity index (χ2n) is 7.51. The van der Waals surface area contributed by atoms with E-state index in [-0.39, 0.29) is 17.9 Å². The topological polar surface area (TPSA) is 69.7 Å². The lowest BCUT2D eigenvalue weighted by Gasteiger charge is -2.32. The Kier molecular flexibility index (Phi) is 5.52. The van der Waals surface area contributed by atoms with Crippen LogP contribution in [0.15, 0.2) is 18.2 Å². The van der Waals surface area contributed by atoms with Crippen LogP contribution in [0.5, 0.6) is 5.75 Å². The fraction of sp³-hybridized carbons (Fsp3) is 0.579. The molecule has 0 spiro atoms. The smallest absolute Gasteiger partial charge is 0.260 e. The van der Waals surface area contributed by atoms with Gasteiger partial charge in [0.05, 0.1) is 0 Å². The second kappa shape index (κ2) is 7.24. The first-order chi connectivity index (χ1) is 11.2. The molecule has 1 saturated heterocycles. The number of carboxylic acids is 1. The van der Waals surface area contributed by atoms with Crippen molar-refractivity contribution < 1.29 is 19.4 Å². The first-order valence-electron chi connectivity index (χ1n) is 8.41. The van der Waals surface area contributed by atoms with E-state index in [1.54, 1.807) is 4.90 Å². The van der Waals surface area contributed by atoms with Gasteiger partial charge in [0.15, 0.2) is 6.61 Å². The second-order valence-corrected chi connectivity index (χ2v) is 7.51. The molecule has 0 atom stereocenters. The van der Waals surface area contributed by atoms with Gasteiger partial charge >= 0.3 is 0 Å². The van der Waals surface area contributed by atoms with Crippen molar-refractivity contribution in [2.24, 2.45) is 5.92 Å². The van der Waals surface area contributed by atoms with Crippen molar-refractivity contribution in [2.45, 2.75) is 46.0 Å². The maximum Gasteiger partial charge on any atom is 0.260 e. The van der Waals surface area contributed by atoms with Crippen LogP contribution in [0.4, 0.5) is 0 Å². The van der Waals surface area contributed by atoms with Gasteiger partial charge in [-0.2, -0.15) is 0 Å². The number of aryl methyl sites for hydroxylation is 1. The van der Waals surface area contributed by atoms with Gasteiger partial charge < -0.3 is 19.5 Å². The van der Waals surface area contributed by atoms with E-state index in [0.717, 1.165) is 16.9 Å². The van der Waals surface area contributed by atoms with Gasteiger partial charge in [0.1, 0.15) is 5.75 Å². The van der Waals surface area contributed by atoms with Crippen molar-refractivity contribution in [3.63, 3.8) is 0 Å². The van der Waals surface area contributed by atoms with Crippen LogP contribution >= 0.6 is 0 Å². The number of ether oxygens (including phenoxy) is 1. The Hall–Kier alpha value is -2.04. The maximum atomic E-state index is 12.3. The molecular formula is C19H26NO4-. The first kappa shape index (κ1) is 18.3. The molecule has 0 radical (unpaired) electrons. The van der Waals surface area contributed by atoms with E-state index in [4.69, 9.17) is 4.74 Å². The van der Waals surface area contributed by atoms with Crippen LogP contribution in [-0.2, 0) is 15.0 Å². The molecule has 1 fully saturated rings. The molecule has 1 amide bonds. The zero-order chi connectivity index (χ0) is 17.9. The molecule has 0 aromatic heterocycles. The molecule has 1 heterocycles. The summed E-state index contributed by atoms with van der Waals surface area (Å²) in [6.45, 7) is 9.18. The van der Waals surface area contributed by atoms with Crippen LogP contribution in [0.2, 0.25) is 0 Å². The third-order valence-corrected chi connectivity index (χ3v) is 4.48. The Morgan fingerprint density at radius 2 is 1.88 bits per heavy atom. The summed E-state index contributed by atoms with van der Waals surface area (Å²) in [5.41, 5.74) is 2.08. The minimum Gasteiger partial charge on any atom is -0.550 e. The lowest BCUT2D eigenvalue weighted by Crippen LogP contribution is -2.45. The van der Waals surface area contributed by atoms with Gasteiger partial charge in [-0.05, 0) is 42.4 Å². The molecule has 0 N–H and O–H groups in total. The fourth-order valence-electron chi connectivity index (χ4n) is 2.96. The van der Waals surface area contributed by atoms with Crippen molar-refractivity contribution in [2.75, 3.05) is 19.7 Å². The Balaban J connectivity index is 1.98. The highest BCUT2D eigenvalue weighted by atomic mass is 16.5. The Bertz CT molecular complexity index is 610. The average Bonchev–Trinajstić information content (AvgIpc) is 2.51. The van der Waals surface area contributed by atoms with Crippen LogP contribution in [0, 0.1) is 12.8 Å². The number of hydrogen-bond donors (Lipinski definition) is 0. The highest BCUT2D eigenvalue weighted by molar-refractivity contribution is 5.78. The number of carbonyl (C=O) groups excluding carboxylic acids is 2. The number of aliphatic carboxylic acids is 1. The molecule has 5 heteroatoms. The number of amides is 1. The molecule has 0 bridgehead atoms. The normalized spacial score (nSPS) is 16.1. The van der Waals surface area contributed by atoms with E-state index in [9.17, 15) is 14.7 Å². The molecule has 1 aromatic carbocycles. The van der Waals surface area contributed by atoms with Gasteiger partial charge in [-0.25, -0.2) is 0 Å². The summed E-state index contributed by atoms with van der Waals surface area (Å²) in [6, 6.07) is 6.04. The molecule has 1 aromatic rings. The van der Waals surface area contributed by atoms with E-state index in [0.29, 0.717) is 25.9 Å². The molecule has 132 valence electrons. The molecule has 1 aliphatic rings. The number of nitrogens with zero attached hydrogens (tertiary/aromatic N) is 1. The molecule has 24 heavy (non-hydrogen) atoms. The number of carbonyl (C=O) groups is 2. The summed E-state index contributed by atoms with van der Waals surface area (Å²) >= 11 is 0. The van der Waals surface area contributed by atoms with Crippen LogP contribution in [0.25, 0.3) is 0 Å². The molecule has 5 nitrogen and oxygen atoms in total. The van der Waals surface area contributed by atoms with Crippen molar-refractivity contribution in [1.82, 2.24) is 4.90 Å². The highest BCUT2D eigenvalue weighted by Crippen LogP contribution is 2.32. The van der Waals surface area contributed by atoms with E-state index < -0.39 is 11.9 Å². The Morgan fingerprint density at radius 1 is 1.25 bits per heavy atom. The third-order valence-electron chi connectivity index (χ3n) is 4.48. The van der Waals surface area contributed by atoms with Crippen LogP contribution in [0.1, 0.15) is 44.7 Å². The zero-order valence-electron chi connectivity index (χ0n) is 14.9. The van der Waals surface area contributed by atoms with Gasteiger partial charge in [-0.3, -0.25) is 4.79 Å². The standard InChI is InChI=1S/C19H27NO4/c1-13-5-6-15(19(2,3)4)16(11-13)24-12-17(21)20-9-7-14(8-10-20)18(22)23/h5-6,11,14H,7-10,12H2,1-4H3,(H,22,23)/p-1. The quantitative estimate of drug-likeness (QED) is 0.841. The van der Waals surface area contributed by atoms with Crippen molar-refractivity contribution in [3.8, 4) is 5.75 Å². The summed E-state index contributed by atoms with van der Waals surface area (Å²) in [6.07, 6.45) is 0.900. The van der Waals surface area contributed by atoms with E-state index in [1.807, 2.05) is 25.1 Å². The molecule has 0 saturated carbocycles. The number of likely N-dealkylation sites (tertiary alicyclic amines) is 1. The fourth-order valence-corrected chi connectivity index (χ4v) is 2.96. The van der Waals surface area contributed by atoms with Gasteiger partial charge in [0.2, 0.25) is 0 Å². The summed E-state index contributed by atoms with van der Waals surface area (Å²) < 4.78 is 5.81. The largest absolute Gasteiger partial charge is 0.550 e. The number of piperidine rings is 1. The predicted molar refractivity (Wildman–Crippen MR) is 89.7 cm³/mol. The monoisotopic (exact) mass is 332 g/mol. The van der Waals surface area contributed by atoms with Crippen molar-refractivity contribution >= 4 is 11.9 Å². The molecular weight excluding hydrogens is 306 g/mol. The number of hydrogen-bond acceptors (Lipinski definition) is 4. The molecule has 0 aliphatic carbocycles. The minimum absolute atomic E-state index is 0.0253.